The fourth-order valence-corrected chi connectivity index (χ4v) is 2.93. The molecule has 0 saturated heterocycles. The second kappa shape index (κ2) is 6.91. The third-order valence-corrected chi connectivity index (χ3v) is 4.01. The molecule has 2 aliphatic rings. The number of hydrogen-bond donors (Lipinski definition) is 0. The summed E-state index contributed by atoms with van der Waals surface area (Å²) in [5, 5.41) is 0. The summed E-state index contributed by atoms with van der Waals surface area (Å²) in [7, 11) is 0. The van der Waals surface area contributed by atoms with Gasteiger partial charge < -0.3 is 14.4 Å². The van der Waals surface area contributed by atoms with Crippen molar-refractivity contribution in [1.82, 2.24) is 4.90 Å². The Balaban J connectivity index is 1.78. The number of rotatable bonds is 5. The van der Waals surface area contributed by atoms with E-state index < -0.39 is 6.04 Å². The van der Waals surface area contributed by atoms with E-state index in [9.17, 15) is 4.79 Å². The minimum atomic E-state index is -0.432. The number of aliphatic imine (C=N–C) groups is 1. The van der Waals surface area contributed by atoms with Crippen molar-refractivity contribution in [3.8, 4) is 0 Å². The fraction of sp³-hybridized carbons (Fsp3) is 0.368. The summed E-state index contributed by atoms with van der Waals surface area (Å²) in [5.41, 5.74) is 2.10. The number of amidine groups is 1. The Labute approximate surface area is 142 Å². The highest BCUT2D eigenvalue weighted by atomic mass is 16.5. The van der Waals surface area contributed by atoms with Crippen molar-refractivity contribution in [1.29, 1.82) is 0 Å². The first kappa shape index (κ1) is 16.3. The van der Waals surface area contributed by atoms with Crippen LogP contribution in [0.15, 0.2) is 58.9 Å². The molecule has 2 atom stereocenters. The van der Waals surface area contributed by atoms with Gasteiger partial charge in [-0.25, -0.2) is 4.79 Å². The number of carbonyl (C=O) groups excluding carboxylic acids is 1. The molecule has 0 amide bonds. The Morgan fingerprint density at radius 2 is 2.04 bits per heavy atom. The summed E-state index contributed by atoms with van der Waals surface area (Å²) in [6, 6.07) is 9.37. The molecule has 0 bridgehead atoms. The molecule has 2 aliphatic heterocycles. The Morgan fingerprint density at radius 1 is 1.29 bits per heavy atom. The van der Waals surface area contributed by atoms with Crippen molar-refractivity contribution >= 4 is 11.8 Å². The summed E-state index contributed by atoms with van der Waals surface area (Å²) < 4.78 is 11.2. The number of hydrogen-bond acceptors (Lipinski definition) is 5. The number of carbonyl (C=O) groups is 1. The van der Waals surface area contributed by atoms with Gasteiger partial charge in [-0.15, -0.1) is 0 Å². The first-order chi connectivity index (χ1) is 11.6. The predicted octanol–water partition coefficient (Wildman–Crippen LogP) is 3.04. The molecule has 2 unspecified atom stereocenters. The van der Waals surface area contributed by atoms with Crippen LogP contribution >= 0.6 is 0 Å². The third-order valence-electron chi connectivity index (χ3n) is 4.01. The van der Waals surface area contributed by atoms with E-state index in [0.717, 1.165) is 11.1 Å². The van der Waals surface area contributed by atoms with E-state index in [-0.39, 0.29) is 12.0 Å². The summed E-state index contributed by atoms with van der Waals surface area (Å²) in [6.07, 6.45) is 3.89. The number of allylic oxidation sites excluding steroid dienone is 2. The van der Waals surface area contributed by atoms with Gasteiger partial charge in [-0.3, -0.25) is 4.99 Å². The average Bonchev–Trinajstić information content (AvgIpc) is 2.89. The normalized spacial score (nSPS) is 22.3. The topological polar surface area (TPSA) is 51.1 Å². The van der Waals surface area contributed by atoms with Crippen LogP contribution in [0.3, 0.4) is 0 Å². The van der Waals surface area contributed by atoms with Crippen LogP contribution in [0.5, 0.6) is 0 Å². The molecule has 0 aliphatic carbocycles. The van der Waals surface area contributed by atoms with Gasteiger partial charge in [0.1, 0.15) is 6.61 Å². The maximum Gasteiger partial charge on any atom is 0.331 e. The first-order valence-corrected chi connectivity index (χ1v) is 8.20. The Bertz CT molecular complexity index is 707. The standard InChI is InChI=1S/C19H22N2O3/c1-4-23-19(22)17-14(3)20-18-16(10-13(2)11-21(17)18)24-12-15-8-6-5-7-9-15/h5-11,14,17H,4,12H2,1-3H3. The summed E-state index contributed by atoms with van der Waals surface area (Å²) in [6.45, 7) is 6.54. The maximum atomic E-state index is 12.3. The van der Waals surface area contributed by atoms with E-state index in [2.05, 4.69) is 4.99 Å². The van der Waals surface area contributed by atoms with E-state index in [4.69, 9.17) is 9.47 Å². The average molecular weight is 326 g/mol. The molecule has 0 N–H and O–H groups in total. The summed E-state index contributed by atoms with van der Waals surface area (Å²) in [5.74, 6) is 1.14. The van der Waals surface area contributed by atoms with E-state index in [0.29, 0.717) is 24.8 Å². The fourth-order valence-electron chi connectivity index (χ4n) is 2.93. The van der Waals surface area contributed by atoms with Crippen molar-refractivity contribution < 1.29 is 14.3 Å². The zero-order valence-electron chi connectivity index (χ0n) is 14.2. The summed E-state index contributed by atoms with van der Waals surface area (Å²) in [4.78, 5) is 18.8. The van der Waals surface area contributed by atoms with Crippen LogP contribution in [0, 0.1) is 0 Å². The minimum absolute atomic E-state index is 0.176. The molecule has 24 heavy (non-hydrogen) atoms. The molecule has 0 saturated carbocycles. The molecule has 126 valence electrons. The first-order valence-electron chi connectivity index (χ1n) is 8.20. The largest absolute Gasteiger partial charge is 0.485 e. The number of ether oxygens (including phenoxy) is 2. The van der Waals surface area contributed by atoms with Crippen LogP contribution < -0.4 is 0 Å². The third kappa shape index (κ3) is 3.20. The minimum Gasteiger partial charge on any atom is -0.485 e. The summed E-state index contributed by atoms with van der Waals surface area (Å²) >= 11 is 0. The van der Waals surface area contributed by atoms with E-state index >= 15 is 0 Å². The van der Waals surface area contributed by atoms with Gasteiger partial charge in [0, 0.05) is 6.20 Å². The van der Waals surface area contributed by atoms with Gasteiger partial charge in [-0.1, -0.05) is 30.3 Å². The number of benzene rings is 1. The molecular formula is C19H22N2O3. The van der Waals surface area contributed by atoms with Gasteiger partial charge in [0.2, 0.25) is 0 Å². The lowest BCUT2D eigenvalue weighted by molar-refractivity contribution is -0.147. The van der Waals surface area contributed by atoms with Gasteiger partial charge >= 0.3 is 5.97 Å². The monoisotopic (exact) mass is 326 g/mol. The van der Waals surface area contributed by atoms with Crippen molar-refractivity contribution in [3.05, 3.63) is 59.5 Å². The molecule has 2 heterocycles. The smallest absolute Gasteiger partial charge is 0.331 e. The molecule has 1 aromatic rings. The van der Waals surface area contributed by atoms with Crippen LogP contribution in [-0.4, -0.2) is 35.4 Å². The van der Waals surface area contributed by atoms with E-state index in [1.54, 1.807) is 0 Å². The number of fused-ring (bicyclic) bond motifs is 1. The number of nitrogens with zero attached hydrogens (tertiary/aromatic N) is 2. The molecule has 5 nitrogen and oxygen atoms in total. The van der Waals surface area contributed by atoms with Crippen molar-refractivity contribution in [3.63, 3.8) is 0 Å². The van der Waals surface area contributed by atoms with Gasteiger partial charge in [-0.05, 0) is 38.0 Å². The zero-order valence-corrected chi connectivity index (χ0v) is 14.2. The lowest BCUT2D eigenvalue weighted by Gasteiger charge is -2.28. The van der Waals surface area contributed by atoms with E-state index in [1.165, 1.54) is 0 Å². The Kier molecular flexibility index (Phi) is 4.69. The van der Waals surface area contributed by atoms with Crippen LogP contribution in [0.4, 0.5) is 0 Å². The van der Waals surface area contributed by atoms with Crippen molar-refractivity contribution in [2.45, 2.75) is 39.5 Å². The van der Waals surface area contributed by atoms with Crippen LogP contribution in [0.1, 0.15) is 26.3 Å². The quantitative estimate of drug-likeness (QED) is 0.781. The van der Waals surface area contributed by atoms with E-state index in [1.807, 2.05) is 68.3 Å². The SMILES string of the molecule is CCOC(=O)C1C(C)N=C2C(OCc3ccccc3)=CC(C)=CN21. The predicted molar refractivity (Wildman–Crippen MR) is 92.2 cm³/mol. The number of esters is 1. The Hall–Kier alpha value is -2.56. The second-order valence-corrected chi connectivity index (χ2v) is 5.95. The highest BCUT2D eigenvalue weighted by molar-refractivity contribution is 6.03. The molecule has 0 aromatic heterocycles. The maximum absolute atomic E-state index is 12.3. The highest BCUT2D eigenvalue weighted by Gasteiger charge is 2.41. The van der Waals surface area contributed by atoms with Gasteiger partial charge in [0.25, 0.3) is 0 Å². The molecule has 3 rings (SSSR count). The molecular weight excluding hydrogens is 304 g/mol. The van der Waals surface area contributed by atoms with Gasteiger partial charge in [0.05, 0.1) is 12.6 Å². The highest BCUT2D eigenvalue weighted by Crippen LogP contribution is 2.29. The lowest BCUT2D eigenvalue weighted by Crippen LogP contribution is -2.44. The van der Waals surface area contributed by atoms with Gasteiger partial charge in [-0.2, -0.15) is 0 Å². The second-order valence-electron chi connectivity index (χ2n) is 5.95. The van der Waals surface area contributed by atoms with Crippen LogP contribution in [-0.2, 0) is 20.9 Å². The zero-order chi connectivity index (χ0) is 17.1. The molecule has 0 fully saturated rings. The molecule has 0 spiro atoms. The van der Waals surface area contributed by atoms with Crippen molar-refractivity contribution in [2.24, 2.45) is 4.99 Å². The molecule has 1 aromatic carbocycles. The molecule has 0 radical (unpaired) electrons. The van der Waals surface area contributed by atoms with Crippen molar-refractivity contribution in [2.75, 3.05) is 6.61 Å². The Morgan fingerprint density at radius 3 is 2.75 bits per heavy atom. The van der Waals surface area contributed by atoms with Gasteiger partial charge in [0.15, 0.2) is 17.6 Å². The molecule has 5 heteroatoms. The van der Waals surface area contributed by atoms with Crippen LogP contribution in [0.25, 0.3) is 0 Å². The lowest BCUT2D eigenvalue weighted by atomic mass is 10.1. The van der Waals surface area contributed by atoms with Crippen LogP contribution in [0.2, 0.25) is 0 Å².